The first-order valence-electron chi connectivity index (χ1n) is 9.40. The van der Waals surface area contributed by atoms with Crippen molar-refractivity contribution in [3.05, 3.63) is 0 Å². The Bertz CT molecular complexity index is 452. The Morgan fingerprint density at radius 3 is 2.32 bits per heavy atom. The Labute approximate surface area is 134 Å². The van der Waals surface area contributed by atoms with Gasteiger partial charge in [-0.3, -0.25) is 0 Å². The van der Waals surface area contributed by atoms with E-state index in [-0.39, 0.29) is 29.6 Å². The lowest BCUT2D eigenvalue weighted by Crippen LogP contribution is -2.55. The minimum atomic E-state index is -0.327. The molecule has 0 amide bonds. The quantitative estimate of drug-likeness (QED) is 0.645. The molecule has 22 heavy (non-hydrogen) atoms. The molecule has 0 spiro atoms. The van der Waals surface area contributed by atoms with Crippen molar-refractivity contribution in [3.63, 3.8) is 0 Å². The van der Waals surface area contributed by atoms with Crippen LogP contribution in [0.5, 0.6) is 0 Å². The molecular formula is C19H32O3. The summed E-state index contributed by atoms with van der Waals surface area (Å²) in [5, 5.41) is 31.2. The van der Waals surface area contributed by atoms with Crippen LogP contribution in [0.3, 0.4) is 0 Å². The summed E-state index contributed by atoms with van der Waals surface area (Å²) in [6.07, 6.45) is 7.54. The van der Waals surface area contributed by atoms with E-state index < -0.39 is 0 Å². The number of rotatable bonds is 0. The summed E-state index contributed by atoms with van der Waals surface area (Å²) in [6.45, 7) is 4.68. The van der Waals surface area contributed by atoms with Gasteiger partial charge in [0.1, 0.15) is 0 Å². The Morgan fingerprint density at radius 2 is 1.55 bits per heavy atom. The van der Waals surface area contributed by atoms with E-state index in [1.807, 2.05) is 0 Å². The van der Waals surface area contributed by atoms with Gasteiger partial charge in [0, 0.05) is 6.42 Å². The van der Waals surface area contributed by atoms with Crippen LogP contribution in [-0.4, -0.2) is 33.6 Å². The second kappa shape index (κ2) is 4.94. The fourth-order valence-corrected chi connectivity index (χ4v) is 7.27. The van der Waals surface area contributed by atoms with Crippen LogP contribution in [0, 0.1) is 34.5 Å². The molecule has 0 aromatic carbocycles. The van der Waals surface area contributed by atoms with Gasteiger partial charge < -0.3 is 15.3 Å². The van der Waals surface area contributed by atoms with E-state index in [9.17, 15) is 15.3 Å². The summed E-state index contributed by atoms with van der Waals surface area (Å²) in [5.41, 5.74) is 0.273. The molecule has 0 unspecified atom stereocenters. The van der Waals surface area contributed by atoms with Gasteiger partial charge >= 0.3 is 0 Å². The van der Waals surface area contributed by atoms with Crippen molar-refractivity contribution in [3.8, 4) is 0 Å². The van der Waals surface area contributed by atoms with Crippen LogP contribution in [0.25, 0.3) is 0 Å². The standard InChI is InChI=1S/C19H32O3/c1-18-7-5-12(20)9-11(18)3-4-13-14(18)6-8-19(2)16(22)10-15(21)17(13)19/h11-17,20-22H,3-10H2,1-2H3/t11-,12+,13+,14-,15-,16-,17+,18-,19+/m0/s1. The third-order valence-corrected chi connectivity index (χ3v) is 8.58. The van der Waals surface area contributed by atoms with Gasteiger partial charge in [-0.15, -0.1) is 0 Å². The molecule has 0 heterocycles. The zero-order chi connectivity index (χ0) is 15.7. The summed E-state index contributed by atoms with van der Waals surface area (Å²) in [4.78, 5) is 0. The highest BCUT2D eigenvalue weighted by atomic mass is 16.3. The third kappa shape index (κ3) is 1.91. The average molecular weight is 308 g/mol. The molecule has 4 aliphatic rings. The summed E-state index contributed by atoms with van der Waals surface area (Å²) in [5.74, 6) is 2.19. The second-order valence-corrected chi connectivity index (χ2v) is 9.37. The van der Waals surface area contributed by atoms with Gasteiger partial charge in [0.15, 0.2) is 0 Å². The van der Waals surface area contributed by atoms with Crippen LogP contribution in [-0.2, 0) is 0 Å². The van der Waals surface area contributed by atoms with E-state index in [4.69, 9.17) is 0 Å². The van der Waals surface area contributed by atoms with Crippen LogP contribution in [0.4, 0.5) is 0 Å². The molecule has 0 aromatic rings. The maximum absolute atomic E-state index is 10.6. The molecule has 0 aromatic heterocycles. The van der Waals surface area contributed by atoms with Crippen molar-refractivity contribution in [1.82, 2.24) is 0 Å². The molecule has 126 valence electrons. The third-order valence-electron chi connectivity index (χ3n) is 8.58. The molecule has 4 saturated carbocycles. The minimum absolute atomic E-state index is 0.0715. The molecule has 0 aliphatic heterocycles. The minimum Gasteiger partial charge on any atom is -0.393 e. The molecule has 4 rings (SSSR count). The zero-order valence-electron chi connectivity index (χ0n) is 14.0. The van der Waals surface area contributed by atoms with E-state index >= 15 is 0 Å². The van der Waals surface area contributed by atoms with Gasteiger partial charge in [0.25, 0.3) is 0 Å². The highest BCUT2D eigenvalue weighted by Crippen LogP contribution is 2.66. The van der Waals surface area contributed by atoms with E-state index in [0.29, 0.717) is 29.6 Å². The molecule has 0 saturated heterocycles. The van der Waals surface area contributed by atoms with Crippen LogP contribution in [0.15, 0.2) is 0 Å². The highest BCUT2D eigenvalue weighted by Gasteiger charge is 2.62. The SMILES string of the molecule is C[C@]12CC[C@H]3[C@@H](CC[C@H]4C[C@H](O)CC[C@@]43C)[C@@H]1[C@@H](O)C[C@@H]2O. The number of fused-ring (bicyclic) bond motifs is 5. The Morgan fingerprint density at radius 1 is 0.818 bits per heavy atom. The smallest absolute Gasteiger partial charge is 0.0622 e. The summed E-state index contributed by atoms with van der Waals surface area (Å²) in [7, 11) is 0. The van der Waals surface area contributed by atoms with E-state index in [0.717, 1.165) is 25.7 Å². The first-order valence-corrected chi connectivity index (χ1v) is 9.40. The number of hydrogen-bond acceptors (Lipinski definition) is 3. The monoisotopic (exact) mass is 308 g/mol. The molecule has 4 fully saturated rings. The predicted octanol–water partition coefficient (Wildman–Crippen LogP) is 2.72. The van der Waals surface area contributed by atoms with Crippen molar-refractivity contribution in [2.75, 3.05) is 0 Å². The van der Waals surface area contributed by atoms with Gasteiger partial charge in [-0.1, -0.05) is 13.8 Å². The van der Waals surface area contributed by atoms with E-state index in [1.54, 1.807) is 0 Å². The fraction of sp³-hybridized carbons (Fsp3) is 1.00. The molecule has 0 bridgehead atoms. The van der Waals surface area contributed by atoms with Gasteiger partial charge in [0.05, 0.1) is 18.3 Å². The van der Waals surface area contributed by atoms with Crippen molar-refractivity contribution < 1.29 is 15.3 Å². The Kier molecular flexibility index (Phi) is 3.46. The highest BCUT2D eigenvalue weighted by molar-refractivity contribution is 5.11. The Balaban J connectivity index is 1.65. The largest absolute Gasteiger partial charge is 0.393 e. The lowest BCUT2D eigenvalue weighted by atomic mass is 9.45. The molecule has 3 nitrogen and oxygen atoms in total. The van der Waals surface area contributed by atoms with Crippen LogP contribution in [0.1, 0.15) is 65.2 Å². The molecule has 0 radical (unpaired) electrons. The number of aliphatic hydroxyl groups is 3. The summed E-state index contributed by atoms with van der Waals surface area (Å²) in [6, 6.07) is 0. The van der Waals surface area contributed by atoms with Gasteiger partial charge in [-0.2, -0.15) is 0 Å². The maximum Gasteiger partial charge on any atom is 0.0622 e. The van der Waals surface area contributed by atoms with E-state index in [2.05, 4.69) is 13.8 Å². The van der Waals surface area contributed by atoms with Gasteiger partial charge in [-0.25, -0.2) is 0 Å². The predicted molar refractivity (Wildman–Crippen MR) is 85.1 cm³/mol. The normalized spacial score (nSPS) is 61.2. The summed E-state index contributed by atoms with van der Waals surface area (Å²) < 4.78 is 0. The number of hydrogen-bond donors (Lipinski definition) is 3. The van der Waals surface area contributed by atoms with Crippen LogP contribution in [0.2, 0.25) is 0 Å². The molecule has 3 heteroatoms. The molecular weight excluding hydrogens is 276 g/mol. The van der Waals surface area contributed by atoms with Crippen molar-refractivity contribution in [2.24, 2.45) is 34.5 Å². The van der Waals surface area contributed by atoms with Crippen LogP contribution >= 0.6 is 0 Å². The van der Waals surface area contributed by atoms with Gasteiger partial charge in [-0.05, 0) is 79.4 Å². The zero-order valence-corrected chi connectivity index (χ0v) is 14.0. The lowest BCUT2D eigenvalue weighted by Gasteiger charge is -2.60. The van der Waals surface area contributed by atoms with Crippen molar-refractivity contribution in [2.45, 2.75) is 83.5 Å². The van der Waals surface area contributed by atoms with Gasteiger partial charge in [0.2, 0.25) is 0 Å². The first-order chi connectivity index (χ1) is 10.4. The second-order valence-electron chi connectivity index (χ2n) is 9.37. The topological polar surface area (TPSA) is 60.7 Å². The number of aliphatic hydroxyl groups excluding tert-OH is 3. The van der Waals surface area contributed by atoms with E-state index in [1.165, 1.54) is 19.3 Å². The fourth-order valence-electron chi connectivity index (χ4n) is 7.27. The first kappa shape index (κ1) is 15.4. The lowest BCUT2D eigenvalue weighted by molar-refractivity contribution is -0.145. The summed E-state index contributed by atoms with van der Waals surface area (Å²) >= 11 is 0. The molecule has 4 aliphatic carbocycles. The van der Waals surface area contributed by atoms with Crippen molar-refractivity contribution >= 4 is 0 Å². The van der Waals surface area contributed by atoms with Crippen molar-refractivity contribution in [1.29, 1.82) is 0 Å². The Hall–Kier alpha value is -0.120. The molecule has 9 atom stereocenters. The molecule has 3 N–H and O–H groups in total. The maximum atomic E-state index is 10.6. The van der Waals surface area contributed by atoms with Crippen LogP contribution < -0.4 is 0 Å². The average Bonchev–Trinajstić information content (AvgIpc) is 2.70.